The van der Waals surface area contributed by atoms with E-state index in [1.54, 1.807) is 0 Å². The van der Waals surface area contributed by atoms with Gasteiger partial charge in [0.25, 0.3) is 0 Å². The maximum absolute atomic E-state index is 0. The number of rotatable bonds is 0. The fourth-order valence-electron chi connectivity index (χ4n) is 0. The Hall–Kier alpha value is 2.23. The van der Waals surface area contributed by atoms with Gasteiger partial charge in [-0.05, 0) is 11.0 Å². The third-order valence-electron chi connectivity index (χ3n) is 0. The van der Waals surface area contributed by atoms with Gasteiger partial charge in [0.2, 0.25) is 0 Å². The minimum absolute atomic E-state index is 0. The first-order chi connectivity index (χ1) is 0. The molecule has 0 aromatic carbocycles. The van der Waals surface area contributed by atoms with E-state index in [2.05, 4.69) is 0 Å². The van der Waals surface area contributed by atoms with Crippen LogP contribution < -0.4 is 0 Å². The van der Waals surface area contributed by atoms with Crippen LogP contribution in [-0.4, -0.2) is 11.0 Å². The molecule has 0 aliphatic rings. The van der Waals surface area contributed by atoms with Crippen molar-refractivity contribution < 1.29 is 43.4 Å². The van der Waals surface area contributed by atoms with E-state index < -0.39 is 0 Å². The van der Waals surface area contributed by atoms with Crippen LogP contribution in [0.4, 0.5) is 0 Å². The van der Waals surface area contributed by atoms with Crippen molar-refractivity contribution in [3.63, 3.8) is 0 Å². The van der Waals surface area contributed by atoms with Crippen LogP contribution >= 0.6 is 24.8 Å². The molecule has 2 radical (unpaired) electrons. The molecule has 0 aliphatic carbocycles. The molecule has 0 aromatic rings. The Labute approximate surface area is 93.2 Å². The van der Waals surface area contributed by atoms with Crippen LogP contribution in [0.5, 0.6) is 0 Å². The van der Waals surface area contributed by atoms with E-state index in [1.807, 2.05) is 0 Å². The second kappa shape index (κ2) is 86.7. The van der Waals surface area contributed by atoms with Crippen molar-refractivity contribution >= 4 is 35.8 Å². The third-order valence-corrected chi connectivity index (χ3v) is 0. The molecule has 0 aliphatic heterocycles. The Bertz CT molecular complexity index is 13.7. The largest absolute Gasteiger partial charge is 2.00 e. The molecule has 5 heteroatoms. The van der Waals surface area contributed by atoms with E-state index in [4.69, 9.17) is 0 Å². The van der Waals surface area contributed by atoms with Gasteiger partial charge < -0.3 is 14.9 Å². The maximum atomic E-state index is 0. The molecule has 0 aromatic heterocycles. The van der Waals surface area contributed by atoms with Crippen LogP contribution in [0.15, 0.2) is 0 Å². The van der Waals surface area contributed by atoms with Gasteiger partial charge in [-0.25, -0.2) is 0 Å². The SMILES string of the molecule is Cl.Cl.[CH3-].[CH3-].[SiH2].[Ti+2].[Ti]. The zero-order valence-corrected chi connectivity index (χ0v) is 10.7. The van der Waals surface area contributed by atoms with Crippen molar-refractivity contribution in [2.45, 2.75) is 0 Å². The Kier molecular flexibility index (Phi) is 1560. The van der Waals surface area contributed by atoms with Crippen LogP contribution in [0, 0.1) is 14.9 Å². The van der Waals surface area contributed by atoms with Crippen LogP contribution in [0.25, 0.3) is 0 Å². The molecule has 0 saturated heterocycles. The fraction of sp³-hybridized carbons (Fsp3) is 0. The summed E-state index contributed by atoms with van der Waals surface area (Å²) >= 11 is 0. The molecule has 0 unspecified atom stereocenters. The molecule has 0 bridgehead atoms. The molecule has 44 valence electrons. The predicted octanol–water partition coefficient (Wildman–Crippen LogP) is 0.823. The van der Waals surface area contributed by atoms with Crippen molar-refractivity contribution in [2.24, 2.45) is 0 Å². The Morgan fingerprint density at radius 1 is 0.714 bits per heavy atom. The van der Waals surface area contributed by atoms with Crippen molar-refractivity contribution in [1.82, 2.24) is 0 Å². The quantitative estimate of drug-likeness (QED) is 0.426. The molecule has 0 spiro atoms. The molecule has 0 rings (SSSR count). The molecule has 7 heavy (non-hydrogen) atoms. The summed E-state index contributed by atoms with van der Waals surface area (Å²) in [4.78, 5) is 0. The van der Waals surface area contributed by atoms with E-state index in [-0.39, 0.29) is 94.1 Å². The molecule has 0 N–H and O–H groups in total. The Morgan fingerprint density at radius 2 is 0.714 bits per heavy atom. The smallest absolute Gasteiger partial charge is 0.358 e. The first-order valence-corrected chi connectivity index (χ1v) is 0. The molecule has 0 amide bonds. The van der Waals surface area contributed by atoms with Crippen molar-refractivity contribution in [1.29, 1.82) is 0 Å². The van der Waals surface area contributed by atoms with Gasteiger partial charge in [-0.3, -0.25) is 0 Å². The number of hydrogen-bond donors (Lipinski definition) is 0. The number of hydrogen-bond acceptors (Lipinski definition) is 0. The number of halogens is 2. The molecule has 0 heterocycles. The summed E-state index contributed by atoms with van der Waals surface area (Å²) in [5, 5.41) is 0. The first-order valence-electron chi connectivity index (χ1n) is 0. The normalized spacial score (nSPS) is 0. The molecule has 0 atom stereocenters. The monoisotopic (exact) mass is 228 g/mol. The van der Waals surface area contributed by atoms with Gasteiger partial charge >= 0.3 is 21.7 Å². The summed E-state index contributed by atoms with van der Waals surface area (Å²) in [5.41, 5.74) is 0. The fourth-order valence-corrected chi connectivity index (χ4v) is 0. The van der Waals surface area contributed by atoms with Crippen molar-refractivity contribution in [3.8, 4) is 0 Å². The summed E-state index contributed by atoms with van der Waals surface area (Å²) in [5.74, 6) is 0. The predicted molar refractivity (Wildman–Crippen MR) is 35.9 cm³/mol. The molecular weight excluding hydrogens is 219 g/mol. The maximum Gasteiger partial charge on any atom is 2.00 e. The van der Waals surface area contributed by atoms with Gasteiger partial charge in [-0.15, -0.1) is 24.8 Å². The van der Waals surface area contributed by atoms with Crippen LogP contribution in [-0.2, 0) is 43.4 Å². The van der Waals surface area contributed by atoms with Crippen LogP contribution in [0.3, 0.4) is 0 Å². The van der Waals surface area contributed by atoms with E-state index in [1.165, 1.54) is 0 Å². The summed E-state index contributed by atoms with van der Waals surface area (Å²) in [6, 6.07) is 0. The first kappa shape index (κ1) is 126. The topological polar surface area (TPSA) is 0 Å². The zero-order chi connectivity index (χ0) is 0. The summed E-state index contributed by atoms with van der Waals surface area (Å²) in [6.07, 6.45) is 0. The van der Waals surface area contributed by atoms with Gasteiger partial charge in [0, 0.05) is 21.7 Å². The second-order valence-corrected chi connectivity index (χ2v) is 0. The minimum Gasteiger partial charge on any atom is -0.358 e. The molecule has 0 nitrogen and oxygen atoms in total. The van der Waals surface area contributed by atoms with E-state index in [9.17, 15) is 0 Å². The van der Waals surface area contributed by atoms with Crippen molar-refractivity contribution in [3.05, 3.63) is 14.9 Å². The summed E-state index contributed by atoms with van der Waals surface area (Å²) < 4.78 is 0. The zero-order valence-electron chi connectivity index (χ0n) is 4.52. The van der Waals surface area contributed by atoms with Crippen molar-refractivity contribution in [2.75, 3.05) is 0 Å². The van der Waals surface area contributed by atoms with Crippen LogP contribution in [0.1, 0.15) is 0 Å². The van der Waals surface area contributed by atoms with E-state index in [0.717, 1.165) is 0 Å². The Balaban J connectivity index is 0. The average molecular weight is 229 g/mol. The van der Waals surface area contributed by atoms with Gasteiger partial charge in [-0.2, -0.15) is 0 Å². The summed E-state index contributed by atoms with van der Waals surface area (Å²) in [6.45, 7) is 0. The van der Waals surface area contributed by atoms with Gasteiger partial charge in [0.05, 0.1) is 0 Å². The Morgan fingerprint density at radius 3 is 0.714 bits per heavy atom. The third kappa shape index (κ3) is 64.4. The van der Waals surface area contributed by atoms with Crippen LogP contribution in [0.2, 0.25) is 0 Å². The second-order valence-electron chi connectivity index (χ2n) is 0. The molecule has 0 saturated carbocycles. The van der Waals surface area contributed by atoms with E-state index >= 15 is 0 Å². The van der Waals surface area contributed by atoms with E-state index in [0.29, 0.717) is 0 Å². The molecule has 0 fully saturated rings. The minimum atomic E-state index is 0. The average Bonchev–Trinajstić information content (AvgIpc) is 0. The van der Waals surface area contributed by atoms with Gasteiger partial charge in [-0.1, -0.05) is 0 Å². The molecular formula is C2H10Cl2SiTi2. The van der Waals surface area contributed by atoms with Gasteiger partial charge in [0.1, 0.15) is 0 Å². The van der Waals surface area contributed by atoms with Gasteiger partial charge in [0.15, 0.2) is 0 Å². The standard InChI is InChI=1S/2CH3.2ClH.H2Si.2Ti/h2*1H3;2*1H;1H2;;/q2*-1;;;;;+2. The summed E-state index contributed by atoms with van der Waals surface area (Å²) in [7, 11) is 0.